The number of hydrogen-bond acceptors (Lipinski definition) is 4. The van der Waals surface area contributed by atoms with Gasteiger partial charge in [0, 0.05) is 18.7 Å². The van der Waals surface area contributed by atoms with Crippen molar-refractivity contribution < 1.29 is 4.42 Å². The fraction of sp³-hybridized carbons (Fsp3) is 0.231. The Morgan fingerprint density at radius 3 is 3.00 bits per heavy atom. The highest BCUT2D eigenvalue weighted by Crippen LogP contribution is 2.14. The van der Waals surface area contributed by atoms with E-state index in [1.54, 1.807) is 12.5 Å². The van der Waals surface area contributed by atoms with E-state index < -0.39 is 0 Å². The molecular weight excluding hydrogens is 246 g/mol. The molecule has 0 spiro atoms. The molecule has 2 heterocycles. The van der Waals surface area contributed by atoms with Crippen molar-refractivity contribution in [3.05, 3.63) is 48.0 Å². The van der Waals surface area contributed by atoms with E-state index in [1.807, 2.05) is 24.3 Å². The highest BCUT2D eigenvalue weighted by molar-refractivity contribution is 7.80. The molecule has 4 nitrogen and oxygen atoms in total. The number of nitrogens with zero attached hydrogens (tertiary/aromatic N) is 1. The van der Waals surface area contributed by atoms with E-state index in [0.29, 0.717) is 10.8 Å². The molecule has 0 aliphatic carbocycles. The first-order chi connectivity index (χ1) is 8.66. The second-order valence-corrected chi connectivity index (χ2v) is 4.53. The van der Waals surface area contributed by atoms with Gasteiger partial charge in [-0.25, -0.2) is 4.98 Å². The molecule has 94 valence electrons. The molecule has 0 aliphatic heterocycles. The Balaban J connectivity index is 2.07. The Morgan fingerprint density at radius 2 is 2.33 bits per heavy atom. The molecule has 2 rings (SSSR count). The van der Waals surface area contributed by atoms with E-state index in [-0.39, 0.29) is 6.04 Å². The number of nitrogens with one attached hydrogen (secondary N) is 1. The summed E-state index contributed by atoms with van der Waals surface area (Å²) >= 11 is 5.00. The fourth-order valence-electron chi connectivity index (χ4n) is 1.73. The maximum absolute atomic E-state index is 5.66. The van der Waals surface area contributed by atoms with Crippen molar-refractivity contribution in [1.29, 1.82) is 0 Å². The average molecular weight is 261 g/mol. The third-order valence-corrected chi connectivity index (χ3v) is 2.76. The summed E-state index contributed by atoms with van der Waals surface area (Å²) < 4.78 is 5.31. The van der Waals surface area contributed by atoms with Crippen LogP contribution in [0, 0.1) is 0 Å². The zero-order chi connectivity index (χ0) is 13.0. The predicted octanol–water partition coefficient (Wildman–Crippen LogP) is 2.35. The number of rotatable bonds is 5. The van der Waals surface area contributed by atoms with Crippen LogP contribution in [0.1, 0.15) is 18.2 Å². The Hall–Kier alpha value is -1.88. The van der Waals surface area contributed by atoms with Crippen molar-refractivity contribution in [3.63, 3.8) is 0 Å². The predicted molar refractivity (Wildman–Crippen MR) is 75.6 cm³/mol. The largest absolute Gasteiger partial charge is 0.469 e. The molecule has 2 aromatic heterocycles. The highest BCUT2D eigenvalue weighted by atomic mass is 32.1. The maximum Gasteiger partial charge on any atom is 0.136 e. The van der Waals surface area contributed by atoms with Gasteiger partial charge in [-0.05, 0) is 31.2 Å². The molecule has 0 radical (unpaired) electrons. The molecule has 0 bridgehead atoms. The van der Waals surface area contributed by atoms with E-state index in [4.69, 9.17) is 22.4 Å². The lowest BCUT2D eigenvalue weighted by Gasteiger charge is -2.15. The van der Waals surface area contributed by atoms with Crippen molar-refractivity contribution in [1.82, 2.24) is 4.98 Å². The van der Waals surface area contributed by atoms with Gasteiger partial charge in [-0.3, -0.25) is 0 Å². The van der Waals surface area contributed by atoms with Crippen molar-refractivity contribution in [2.75, 3.05) is 5.32 Å². The van der Waals surface area contributed by atoms with Gasteiger partial charge in [0.05, 0.1) is 11.8 Å². The number of pyridine rings is 1. The number of aromatic nitrogens is 1. The van der Waals surface area contributed by atoms with Gasteiger partial charge >= 0.3 is 0 Å². The van der Waals surface area contributed by atoms with Crippen LogP contribution in [0.2, 0.25) is 0 Å². The summed E-state index contributed by atoms with van der Waals surface area (Å²) in [7, 11) is 0. The van der Waals surface area contributed by atoms with E-state index in [2.05, 4.69) is 17.2 Å². The van der Waals surface area contributed by atoms with Crippen LogP contribution in [-0.4, -0.2) is 16.0 Å². The van der Waals surface area contributed by atoms with Crippen LogP contribution < -0.4 is 11.1 Å². The minimum absolute atomic E-state index is 0.180. The molecular formula is C13H15N3OS. The second kappa shape index (κ2) is 5.64. The first-order valence-corrected chi connectivity index (χ1v) is 6.11. The summed E-state index contributed by atoms with van der Waals surface area (Å²) in [5, 5.41) is 3.29. The molecule has 0 aliphatic rings. The van der Waals surface area contributed by atoms with Gasteiger partial charge in [-0.1, -0.05) is 12.2 Å². The minimum atomic E-state index is 0.180. The van der Waals surface area contributed by atoms with Crippen molar-refractivity contribution in [2.45, 2.75) is 19.4 Å². The Morgan fingerprint density at radius 1 is 1.50 bits per heavy atom. The molecule has 0 saturated carbocycles. The molecule has 3 N–H and O–H groups in total. The molecule has 0 aromatic carbocycles. The summed E-state index contributed by atoms with van der Waals surface area (Å²) in [5.74, 6) is 1.65. The number of nitrogens with two attached hydrogens (primary N) is 1. The third kappa shape index (κ3) is 3.07. The topological polar surface area (TPSA) is 64.1 Å². The van der Waals surface area contributed by atoms with Gasteiger partial charge in [-0.15, -0.1) is 0 Å². The third-order valence-electron chi connectivity index (χ3n) is 2.54. The van der Waals surface area contributed by atoms with Gasteiger partial charge in [0.2, 0.25) is 0 Å². The summed E-state index contributed by atoms with van der Waals surface area (Å²) in [6.45, 7) is 2.06. The Labute approximate surface area is 111 Å². The monoisotopic (exact) mass is 261 g/mol. The van der Waals surface area contributed by atoms with Gasteiger partial charge in [-0.2, -0.15) is 0 Å². The molecule has 0 saturated heterocycles. The smallest absolute Gasteiger partial charge is 0.136 e. The highest BCUT2D eigenvalue weighted by Gasteiger charge is 2.10. The van der Waals surface area contributed by atoms with Gasteiger partial charge in [0.1, 0.15) is 16.6 Å². The molecule has 5 heteroatoms. The van der Waals surface area contributed by atoms with Crippen molar-refractivity contribution in [2.24, 2.45) is 5.73 Å². The van der Waals surface area contributed by atoms with Gasteiger partial charge in [0.25, 0.3) is 0 Å². The van der Waals surface area contributed by atoms with Crippen molar-refractivity contribution in [3.8, 4) is 0 Å². The lowest BCUT2D eigenvalue weighted by molar-refractivity contribution is 0.497. The zero-order valence-electron chi connectivity index (χ0n) is 10.1. The Kier molecular flexibility index (Phi) is 3.94. The van der Waals surface area contributed by atoms with Crippen LogP contribution in [0.15, 0.2) is 41.1 Å². The van der Waals surface area contributed by atoms with E-state index >= 15 is 0 Å². The standard InChI is InChI=1S/C13H15N3OS/c1-9(8-10-4-3-7-17-10)16-13-11(12(14)18)5-2-6-15-13/h2-7,9H,8H2,1H3,(H2,14,18)(H,15,16). The van der Waals surface area contributed by atoms with Crippen molar-refractivity contribution >= 4 is 23.0 Å². The van der Waals surface area contributed by atoms with Gasteiger partial charge in [0.15, 0.2) is 0 Å². The first kappa shape index (κ1) is 12.6. The van der Waals surface area contributed by atoms with Crippen LogP contribution in [0.3, 0.4) is 0 Å². The molecule has 1 unspecified atom stereocenters. The molecule has 18 heavy (non-hydrogen) atoms. The minimum Gasteiger partial charge on any atom is -0.469 e. The van der Waals surface area contributed by atoms with Crippen LogP contribution >= 0.6 is 12.2 Å². The SMILES string of the molecule is CC(Cc1ccco1)Nc1ncccc1C(N)=S. The van der Waals surface area contributed by atoms with Crippen LogP contribution in [0.25, 0.3) is 0 Å². The summed E-state index contributed by atoms with van der Waals surface area (Å²) in [6, 6.07) is 7.68. The molecule has 0 amide bonds. The van der Waals surface area contributed by atoms with Crippen LogP contribution in [-0.2, 0) is 6.42 Å². The van der Waals surface area contributed by atoms with E-state index in [9.17, 15) is 0 Å². The van der Waals surface area contributed by atoms with E-state index in [1.165, 1.54) is 0 Å². The van der Waals surface area contributed by atoms with E-state index in [0.717, 1.165) is 17.7 Å². The molecule has 1 atom stereocenters. The lowest BCUT2D eigenvalue weighted by Crippen LogP contribution is -2.22. The fourth-order valence-corrected chi connectivity index (χ4v) is 1.90. The number of thiocarbonyl (C=S) groups is 1. The zero-order valence-corrected chi connectivity index (χ0v) is 10.9. The maximum atomic E-state index is 5.66. The lowest BCUT2D eigenvalue weighted by atomic mass is 10.2. The Bertz CT molecular complexity index is 525. The van der Waals surface area contributed by atoms with Gasteiger partial charge < -0.3 is 15.5 Å². The molecule has 2 aromatic rings. The number of anilines is 1. The summed E-state index contributed by atoms with van der Waals surface area (Å²) in [5.41, 5.74) is 6.42. The first-order valence-electron chi connectivity index (χ1n) is 5.70. The summed E-state index contributed by atoms with van der Waals surface area (Å²) in [6.07, 6.45) is 4.16. The van der Waals surface area contributed by atoms with Crippen LogP contribution in [0.4, 0.5) is 5.82 Å². The number of hydrogen-bond donors (Lipinski definition) is 2. The molecule has 0 fully saturated rings. The average Bonchev–Trinajstić information content (AvgIpc) is 2.82. The quantitative estimate of drug-likeness (QED) is 0.809. The summed E-state index contributed by atoms with van der Waals surface area (Å²) in [4.78, 5) is 4.60. The second-order valence-electron chi connectivity index (χ2n) is 4.09. The normalized spacial score (nSPS) is 12.1. The van der Waals surface area contributed by atoms with Crippen LogP contribution in [0.5, 0.6) is 0 Å². The number of furan rings is 1.